The molecule has 0 bridgehead atoms. The predicted octanol–water partition coefficient (Wildman–Crippen LogP) is 1.52. The van der Waals surface area contributed by atoms with Gasteiger partial charge in [-0.15, -0.1) is 0 Å². The number of nitrogens with zero attached hydrogens (tertiary/aromatic N) is 1. The molecule has 2 rings (SSSR count). The summed E-state index contributed by atoms with van der Waals surface area (Å²) in [5, 5.41) is 0. The summed E-state index contributed by atoms with van der Waals surface area (Å²) in [6.45, 7) is 1.58. The maximum atomic E-state index is 11.8. The van der Waals surface area contributed by atoms with E-state index in [1.807, 2.05) is 0 Å². The fourth-order valence-corrected chi connectivity index (χ4v) is 2.89. The van der Waals surface area contributed by atoms with E-state index < -0.39 is 0 Å². The molecule has 2 aliphatic rings. The van der Waals surface area contributed by atoms with Gasteiger partial charge < -0.3 is 10.6 Å². The molecule has 0 spiro atoms. The van der Waals surface area contributed by atoms with E-state index in [1.54, 1.807) is 0 Å². The molecule has 1 saturated heterocycles. The molecule has 2 N–H and O–H groups in total. The third-order valence-electron chi connectivity index (χ3n) is 3.84. The molecule has 1 aliphatic heterocycles. The van der Waals surface area contributed by atoms with E-state index in [9.17, 15) is 4.79 Å². The van der Waals surface area contributed by atoms with Gasteiger partial charge in [-0.3, -0.25) is 4.79 Å². The molecular weight excluding hydrogens is 188 g/mol. The summed E-state index contributed by atoms with van der Waals surface area (Å²) in [5.41, 5.74) is 5.64. The maximum absolute atomic E-state index is 11.8. The van der Waals surface area contributed by atoms with Gasteiger partial charge in [0.1, 0.15) is 0 Å². The second-order valence-corrected chi connectivity index (χ2v) is 5.00. The first kappa shape index (κ1) is 10.9. The molecule has 0 aromatic heterocycles. The highest BCUT2D eigenvalue weighted by Gasteiger charge is 2.33. The minimum absolute atomic E-state index is 0.345. The summed E-state index contributed by atoms with van der Waals surface area (Å²) >= 11 is 0. The molecule has 1 amide bonds. The molecule has 1 heterocycles. The average molecular weight is 210 g/mol. The summed E-state index contributed by atoms with van der Waals surface area (Å²) in [6.07, 6.45) is 8.39. The van der Waals surface area contributed by atoms with Crippen molar-refractivity contribution < 1.29 is 4.79 Å². The molecule has 1 unspecified atom stereocenters. The second kappa shape index (κ2) is 4.97. The van der Waals surface area contributed by atoms with Gasteiger partial charge in [-0.25, -0.2) is 0 Å². The van der Waals surface area contributed by atoms with Gasteiger partial charge in [0, 0.05) is 19.0 Å². The molecule has 15 heavy (non-hydrogen) atoms. The molecule has 3 nitrogen and oxygen atoms in total. The van der Waals surface area contributed by atoms with Crippen molar-refractivity contribution in [2.45, 2.75) is 51.0 Å². The Kier molecular flexibility index (Phi) is 3.62. The SMILES string of the molecule is NCC1CC(=O)N(C2CCCCCC2)C1. The van der Waals surface area contributed by atoms with Crippen LogP contribution in [0.2, 0.25) is 0 Å². The van der Waals surface area contributed by atoms with E-state index in [2.05, 4.69) is 4.90 Å². The zero-order valence-electron chi connectivity index (χ0n) is 9.45. The van der Waals surface area contributed by atoms with Crippen LogP contribution in [0.1, 0.15) is 44.9 Å². The van der Waals surface area contributed by atoms with E-state index in [4.69, 9.17) is 5.73 Å². The van der Waals surface area contributed by atoms with Gasteiger partial charge in [0.15, 0.2) is 0 Å². The largest absolute Gasteiger partial charge is 0.339 e. The summed E-state index contributed by atoms with van der Waals surface area (Å²) in [7, 11) is 0. The standard InChI is InChI=1S/C12H22N2O/c13-8-10-7-12(15)14(9-10)11-5-3-1-2-4-6-11/h10-11H,1-9,13H2. The fourth-order valence-electron chi connectivity index (χ4n) is 2.89. The van der Waals surface area contributed by atoms with Crippen molar-refractivity contribution >= 4 is 5.91 Å². The predicted molar refractivity (Wildman–Crippen MR) is 60.4 cm³/mol. The van der Waals surface area contributed by atoms with Crippen molar-refractivity contribution in [3.63, 3.8) is 0 Å². The minimum Gasteiger partial charge on any atom is -0.339 e. The number of hydrogen-bond donors (Lipinski definition) is 1. The molecule has 1 saturated carbocycles. The van der Waals surface area contributed by atoms with Crippen molar-refractivity contribution in [3.05, 3.63) is 0 Å². The van der Waals surface area contributed by atoms with Crippen LogP contribution in [0.25, 0.3) is 0 Å². The van der Waals surface area contributed by atoms with Gasteiger partial charge in [-0.2, -0.15) is 0 Å². The second-order valence-electron chi connectivity index (χ2n) is 5.00. The Bertz CT molecular complexity index is 222. The van der Waals surface area contributed by atoms with E-state index >= 15 is 0 Å². The maximum Gasteiger partial charge on any atom is 0.223 e. The Morgan fingerprint density at radius 1 is 1.20 bits per heavy atom. The minimum atomic E-state index is 0.345. The van der Waals surface area contributed by atoms with Crippen molar-refractivity contribution in [1.29, 1.82) is 0 Å². The van der Waals surface area contributed by atoms with Gasteiger partial charge in [0.2, 0.25) is 5.91 Å². The van der Waals surface area contributed by atoms with E-state index in [0.29, 0.717) is 30.8 Å². The quantitative estimate of drug-likeness (QED) is 0.702. The third kappa shape index (κ3) is 2.51. The first-order chi connectivity index (χ1) is 7.31. The van der Waals surface area contributed by atoms with Crippen LogP contribution in [0.15, 0.2) is 0 Å². The van der Waals surface area contributed by atoms with Crippen molar-refractivity contribution in [1.82, 2.24) is 4.90 Å². The van der Waals surface area contributed by atoms with Crippen LogP contribution < -0.4 is 5.73 Å². The highest BCUT2D eigenvalue weighted by Crippen LogP contribution is 2.27. The Labute approximate surface area is 92.0 Å². The Morgan fingerprint density at radius 3 is 2.40 bits per heavy atom. The lowest BCUT2D eigenvalue weighted by atomic mass is 10.1. The topological polar surface area (TPSA) is 46.3 Å². The van der Waals surface area contributed by atoms with Crippen LogP contribution in [0.4, 0.5) is 0 Å². The molecule has 0 radical (unpaired) electrons. The Hall–Kier alpha value is -0.570. The number of carbonyl (C=O) groups excluding carboxylic acids is 1. The van der Waals surface area contributed by atoms with Crippen LogP contribution in [0, 0.1) is 5.92 Å². The van der Waals surface area contributed by atoms with E-state index in [-0.39, 0.29) is 0 Å². The monoisotopic (exact) mass is 210 g/mol. The summed E-state index contributed by atoms with van der Waals surface area (Å²) in [5.74, 6) is 0.762. The van der Waals surface area contributed by atoms with Crippen LogP contribution in [0.3, 0.4) is 0 Å². The smallest absolute Gasteiger partial charge is 0.223 e. The molecule has 1 aliphatic carbocycles. The summed E-state index contributed by atoms with van der Waals surface area (Å²) in [6, 6.07) is 0.525. The number of amides is 1. The lowest BCUT2D eigenvalue weighted by Gasteiger charge is -2.27. The fraction of sp³-hybridized carbons (Fsp3) is 0.917. The molecule has 86 valence electrons. The highest BCUT2D eigenvalue weighted by molar-refractivity contribution is 5.79. The van der Waals surface area contributed by atoms with Crippen molar-refractivity contribution in [3.8, 4) is 0 Å². The van der Waals surface area contributed by atoms with Crippen LogP contribution in [-0.4, -0.2) is 29.9 Å². The highest BCUT2D eigenvalue weighted by atomic mass is 16.2. The van der Waals surface area contributed by atoms with Gasteiger partial charge >= 0.3 is 0 Å². The van der Waals surface area contributed by atoms with E-state index in [0.717, 1.165) is 6.54 Å². The zero-order chi connectivity index (χ0) is 10.7. The summed E-state index contributed by atoms with van der Waals surface area (Å²) < 4.78 is 0. The van der Waals surface area contributed by atoms with Gasteiger partial charge in [0.05, 0.1) is 0 Å². The molecule has 0 aromatic carbocycles. The Balaban J connectivity index is 1.94. The van der Waals surface area contributed by atoms with Crippen molar-refractivity contribution in [2.75, 3.05) is 13.1 Å². The number of carbonyl (C=O) groups is 1. The van der Waals surface area contributed by atoms with Gasteiger partial charge in [0.25, 0.3) is 0 Å². The zero-order valence-corrected chi connectivity index (χ0v) is 9.45. The van der Waals surface area contributed by atoms with Gasteiger partial charge in [-0.1, -0.05) is 25.7 Å². The summed E-state index contributed by atoms with van der Waals surface area (Å²) in [4.78, 5) is 13.9. The van der Waals surface area contributed by atoms with Gasteiger partial charge in [-0.05, 0) is 25.3 Å². The lowest BCUT2D eigenvalue weighted by Crippen LogP contribution is -2.36. The molecule has 3 heteroatoms. The molecule has 1 atom stereocenters. The third-order valence-corrected chi connectivity index (χ3v) is 3.84. The first-order valence-electron chi connectivity index (χ1n) is 6.31. The van der Waals surface area contributed by atoms with Crippen LogP contribution in [-0.2, 0) is 4.79 Å². The number of nitrogens with two attached hydrogens (primary N) is 1. The molecule has 0 aromatic rings. The number of hydrogen-bond acceptors (Lipinski definition) is 2. The van der Waals surface area contributed by atoms with Crippen LogP contribution in [0.5, 0.6) is 0 Å². The van der Waals surface area contributed by atoms with E-state index in [1.165, 1.54) is 38.5 Å². The first-order valence-corrected chi connectivity index (χ1v) is 6.31. The van der Waals surface area contributed by atoms with Crippen molar-refractivity contribution in [2.24, 2.45) is 11.7 Å². The number of rotatable bonds is 2. The normalized spacial score (nSPS) is 29.5. The average Bonchev–Trinajstić information content (AvgIpc) is 2.48. The molecular formula is C12H22N2O. The Morgan fingerprint density at radius 2 is 1.87 bits per heavy atom. The molecule has 2 fully saturated rings. The number of likely N-dealkylation sites (tertiary alicyclic amines) is 1. The lowest BCUT2D eigenvalue weighted by molar-refractivity contribution is -0.129. The van der Waals surface area contributed by atoms with Crippen LogP contribution >= 0.6 is 0 Å².